The summed E-state index contributed by atoms with van der Waals surface area (Å²) >= 11 is 0. The van der Waals surface area contributed by atoms with E-state index in [9.17, 15) is 5.11 Å². The molecule has 0 saturated heterocycles. The Hall–Kier alpha value is -1.26. The molecule has 2 atom stereocenters. The van der Waals surface area contributed by atoms with E-state index >= 15 is 0 Å². The molecule has 0 aliphatic carbocycles. The molecular formula is C15H25NO3. The molecule has 1 aromatic rings. The van der Waals surface area contributed by atoms with Crippen LogP contribution in [0.1, 0.15) is 38.7 Å². The van der Waals surface area contributed by atoms with Crippen LogP contribution in [-0.2, 0) is 0 Å². The lowest BCUT2D eigenvalue weighted by atomic mass is 9.94. The Morgan fingerprint density at radius 1 is 1.16 bits per heavy atom. The first-order valence-electron chi connectivity index (χ1n) is 6.90. The van der Waals surface area contributed by atoms with Gasteiger partial charge in [0.15, 0.2) is 11.5 Å². The van der Waals surface area contributed by atoms with Crippen molar-refractivity contribution in [1.29, 1.82) is 0 Å². The predicted molar refractivity (Wildman–Crippen MR) is 76.9 cm³/mol. The van der Waals surface area contributed by atoms with Gasteiger partial charge in [-0.2, -0.15) is 0 Å². The van der Waals surface area contributed by atoms with Gasteiger partial charge >= 0.3 is 0 Å². The maximum absolute atomic E-state index is 9.62. The smallest absolute Gasteiger partial charge is 0.161 e. The second-order valence-electron chi connectivity index (χ2n) is 4.60. The van der Waals surface area contributed by atoms with Crippen LogP contribution < -0.4 is 15.2 Å². The maximum Gasteiger partial charge on any atom is 0.161 e. The van der Waals surface area contributed by atoms with Gasteiger partial charge in [0.2, 0.25) is 0 Å². The lowest BCUT2D eigenvalue weighted by Gasteiger charge is -2.18. The zero-order chi connectivity index (χ0) is 14.3. The lowest BCUT2D eigenvalue weighted by molar-refractivity contribution is 0.165. The molecule has 0 fully saturated rings. The fraction of sp³-hybridized carbons (Fsp3) is 0.600. The minimum absolute atomic E-state index is 0.230. The fourth-order valence-electron chi connectivity index (χ4n) is 2.01. The highest BCUT2D eigenvalue weighted by Gasteiger charge is 2.14. The quantitative estimate of drug-likeness (QED) is 0.758. The molecule has 0 spiro atoms. The predicted octanol–water partition coefficient (Wildman–Crippen LogP) is 2.30. The monoisotopic (exact) mass is 267 g/mol. The van der Waals surface area contributed by atoms with Gasteiger partial charge in [0, 0.05) is 6.54 Å². The van der Waals surface area contributed by atoms with Gasteiger partial charge in [0.05, 0.1) is 19.3 Å². The number of rotatable bonds is 8. The molecule has 2 unspecified atom stereocenters. The SMILES string of the molecule is CCOc1ccc(C(C)CC(O)CN)cc1OCC. The molecule has 0 bridgehead atoms. The molecule has 1 aromatic carbocycles. The number of aliphatic hydroxyl groups is 1. The Morgan fingerprint density at radius 3 is 2.37 bits per heavy atom. The number of nitrogens with two attached hydrogens (primary N) is 1. The van der Waals surface area contributed by atoms with Gasteiger partial charge in [-0.3, -0.25) is 0 Å². The summed E-state index contributed by atoms with van der Waals surface area (Å²) in [5, 5.41) is 9.62. The third-order valence-electron chi connectivity index (χ3n) is 3.03. The molecule has 0 aliphatic rings. The van der Waals surface area contributed by atoms with Gasteiger partial charge in [0.1, 0.15) is 0 Å². The Bertz CT molecular complexity index is 382. The molecule has 0 heterocycles. The minimum atomic E-state index is -0.461. The number of aliphatic hydroxyl groups excluding tert-OH is 1. The summed E-state index contributed by atoms with van der Waals surface area (Å²) < 4.78 is 11.1. The standard InChI is InChI=1S/C15H25NO3/c1-4-18-14-7-6-12(9-15(14)19-5-2)11(3)8-13(17)10-16/h6-7,9,11,13,17H,4-5,8,10,16H2,1-3H3. The molecule has 0 radical (unpaired) electrons. The molecule has 4 nitrogen and oxygen atoms in total. The molecule has 19 heavy (non-hydrogen) atoms. The van der Waals surface area contributed by atoms with Crippen molar-refractivity contribution < 1.29 is 14.6 Å². The van der Waals surface area contributed by atoms with Crippen LogP contribution >= 0.6 is 0 Å². The van der Waals surface area contributed by atoms with Crippen molar-refractivity contribution >= 4 is 0 Å². The number of hydrogen-bond donors (Lipinski definition) is 2. The summed E-state index contributed by atoms with van der Waals surface area (Å²) in [5.74, 6) is 1.75. The van der Waals surface area contributed by atoms with Gasteiger partial charge in [0.25, 0.3) is 0 Å². The van der Waals surface area contributed by atoms with Crippen LogP contribution in [0.4, 0.5) is 0 Å². The van der Waals surface area contributed by atoms with Gasteiger partial charge in [-0.15, -0.1) is 0 Å². The van der Waals surface area contributed by atoms with Crippen LogP contribution in [0.15, 0.2) is 18.2 Å². The number of ether oxygens (including phenoxy) is 2. The molecule has 4 heteroatoms. The molecule has 108 valence electrons. The fourth-order valence-corrected chi connectivity index (χ4v) is 2.01. The van der Waals surface area contributed by atoms with E-state index in [1.54, 1.807) is 0 Å². The third-order valence-corrected chi connectivity index (χ3v) is 3.03. The van der Waals surface area contributed by atoms with E-state index in [1.807, 2.05) is 32.0 Å². The second kappa shape index (κ2) is 8.02. The van der Waals surface area contributed by atoms with E-state index < -0.39 is 6.10 Å². The molecule has 0 amide bonds. The highest BCUT2D eigenvalue weighted by atomic mass is 16.5. The van der Waals surface area contributed by atoms with Crippen LogP contribution in [0.25, 0.3) is 0 Å². The highest BCUT2D eigenvalue weighted by Crippen LogP contribution is 2.32. The van der Waals surface area contributed by atoms with Crippen molar-refractivity contribution in [2.75, 3.05) is 19.8 Å². The Labute approximate surface area is 115 Å². The van der Waals surface area contributed by atoms with Crippen molar-refractivity contribution in [2.45, 2.75) is 39.2 Å². The van der Waals surface area contributed by atoms with E-state index in [1.165, 1.54) is 0 Å². The van der Waals surface area contributed by atoms with Crippen LogP contribution in [-0.4, -0.2) is 31.0 Å². The van der Waals surface area contributed by atoms with Gasteiger partial charge in [-0.25, -0.2) is 0 Å². The summed E-state index contributed by atoms with van der Waals surface area (Å²) in [4.78, 5) is 0. The average Bonchev–Trinajstić information content (AvgIpc) is 2.41. The lowest BCUT2D eigenvalue weighted by Crippen LogP contribution is -2.21. The molecule has 0 saturated carbocycles. The van der Waals surface area contributed by atoms with Gasteiger partial charge < -0.3 is 20.3 Å². The maximum atomic E-state index is 9.62. The Kier molecular flexibility index (Phi) is 6.67. The van der Waals surface area contributed by atoms with Crippen molar-refractivity contribution in [1.82, 2.24) is 0 Å². The topological polar surface area (TPSA) is 64.7 Å². The zero-order valence-electron chi connectivity index (χ0n) is 12.1. The Morgan fingerprint density at radius 2 is 1.79 bits per heavy atom. The number of benzene rings is 1. The van der Waals surface area contributed by atoms with Crippen molar-refractivity contribution in [2.24, 2.45) is 5.73 Å². The minimum Gasteiger partial charge on any atom is -0.490 e. The van der Waals surface area contributed by atoms with Crippen LogP contribution in [0.5, 0.6) is 11.5 Å². The van der Waals surface area contributed by atoms with Crippen LogP contribution in [0.3, 0.4) is 0 Å². The first-order chi connectivity index (χ1) is 9.12. The zero-order valence-corrected chi connectivity index (χ0v) is 12.1. The van der Waals surface area contributed by atoms with E-state index in [0.717, 1.165) is 17.1 Å². The van der Waals surface area contributed by atoms with E-state index in [-0.39, 0.29) is 5.92 Å². The summed E-state index contributed by atoms with van der Waals surface area (Å²) in [6.07, 6.45) is 0.188. The van der Waals surface area contributed by atoms with Crippen LogP contribution in [0, 0.1) is 0 Å². The average molecular weight is 267 g/mol. The van der Waals surface area contributed by atoms with E-state index in [2.05, 4.69) is 6.92 Å². The largest absolute Gasteiger partial charge is 0.490 e. The van der Waals surface area contributed by atoms with Crippen molar-refractivity contribution in [3.63, 3.8) is 0 Å². The summed E-state index contributed by atoms with van der Waals surface area (Å²) in [5.41, 5.74) is 6.57. The van der Waals surface area contributed by atoms with Gasteiger partial charge in [-0.05, 0) is 43.9 Å². The highest BCUT2D eigenvalue weighted by molar-refractivity contribution is 5.44. The number of hydrogen-bond acceptors (Lipinski definition) is 4. The molecule has 0 aliphatic heterocycles. The third kappa shape index (κ3) is 4.73. The summed E-state index contributed by atoms with van der Waals surface area (Å²) in [6.45, 7) is 7.47. The van der Waals surface area contributed by atoms with E-state index in [4.69, 9.17) is 15.2 Å². The second-order valence-corrected chi connectivity index (χ2v) is 4.60. The summed E-state index contributed by atoms with van der Waals surface area (Å²) in [6, 6.07) is 5.93. The normalized spacial score (nSPS) is 13.9. The van der Waals surface area contributed by atoms with E-state index in [0.29, 0.717) is 26.2 Å². The molecule has 3 N–H and O–H groups in total. The van der Waals surface area contributed by atoms with Crippen molar-refractivity contribution in [3.8, 4) is 11.5 Å². The van der Waals surface area contributed by atoms with Crippen molar-refractivity contribution in [3.05, 3.63) is 23.8 Å². The Balaban J connectivity index is 2.87. The van der Waals surface area contributed by atoms with Crippen LogP contribution in [0.2, 0.25) is 0 Å². The molecule has 1 rings (SSSR count). The first kappa shape index (κ1) is 15.8. The first-order valence-corrected chi connectivity index (χ1v) is 6.90. The molecule has 0 aromatic heterocycles. The van der Waals surface area contributed by atoms with Gasteiger partial charge in [-0.1, -0.05) is 13.0 Å². The summed E-state index contributed by atoms with van der Waals surface area (Å²) in [7, 11) is 0. The molecular weight excluding hydrogens is 242 g/mol.